The largest absolute Gasteiger partial charge is 0.443 e. The third-order valence-electron chi connectivity index (χ3n) is 2.03. The molecule has 0 aliphatic rings. The zero-order valence-corrected chi connectivity index (χ0v) is 10.5. The van der Waals surface area contributed by atoms with Crippen molar-refractivity contribution >= 4 is 12.2 Å². The predicted octanol–water partition coefficient (Wildman–Crippen LogP) is -0.518. The van der Waals surface area contributed by atoms with Gasteiger partial charge in [-0.1, -0.05) is 0 Å². The van der Waals surface area contributed by atoms with Crippen LogP contribution in [0.25, 0.3) is 0 Å². The highest BCUT2D eigenvalue weighted by atomic mass is 16.6. The Morgan fingerprint density at radius 3 is 2.32 bits per heavy atom. The van der Waals surface area contributed by atoms with Crippen molar-refractivity contribution in [3.8, 4) is 0 Å². The van der Waals surface area contributed by atoms with Crippen molar-refractivity contribution in [1.82, 2.24) is 20.8 Å². The molecule has 2 amide bonds. The fourth-order valence-electron chi connectivity index (χ4n) is 1.07. The lowest BCUT2D eigenvalue weighted by atomic mass is 10.3. The number of amides is 2. The van der Waals surface area contributed by atoms with Crippen molar-refractivity contribution in [1.29, 1.82) is 0 Å². The van der Waals surface area contributed by atoms with Gasteiger partial charge in [-0.3, -0.25) is 9.89 Å². The summed E-state index contributed by atoms with van der Waals surface area (Å²) in [7, 11) is 2.82. The molecule has 3 N–H and O–H groups in total. The second-order valence-electron chi connectivity index (χ2n) is 3.36. The zero-order valence-electron chi connectivity index (χ0n) is 10.5. The number of H-pyrrole nitrogens is 1. The molecule has 0 fully saturated rings. The molecule has 1 aromatic heterocycles. The van der Waals surface area contributed by atoms with E-state index >= 15 is 0 Å². The minimum absolute atomic E-state index is 0.0484. The fraction of sp³-hybridized carbons (Fsp3) is 0.400. The standard InChI is InChI=1S/C10H14N4O5/c1-11-9(16)18-4-6-3-8(15)7(14-13-6)5-19-10(17)12-2/h3H,4-5H2,1-2H3,(H,11,16)(H,12,17)(H,13,15). The predicted molar refractivity (Wildman–Crippen MR) is 63.3 cm³/mol. The van der Waals surface area contributed by atoms with Crippen molar-refractivity contribution in [2.75, 3.05) is 14.1 Å². The van der Waals surface area contributed by atoms with Gasteiger partial charge < -0.3 is 20.1 Å². The molecule has 0 saturated heterocycles. The van der Waals surface area contributed by atoms with E-state index in [9.17, 15) is 14.4 Å². The van der Waals surface area contributed by atoms with Gasteiger partial charge in [-0.15, -0.1) is 0 Å². The number of ether oxygens (including phenoxy) is 2. The number of aromatic nitrogens is 2. The maximum Gasteiger partial charge on any atom is 0.407 e. The molecule has 1 heterocycles. The minimum Gasteiger partial charge on any atom is -0.443 e. The number of nitrogens with one attached hydrogen (secondary N) is 3. The van der Waals surface area contributed by atoms with E-state index in [2.05, 4.69) is 25.6 Å². The average Bonchev–Trinajstić information content (AvgIpc) is 2.43. The van der Waals surface area contributed by atoms with Crippen LogP contribution in [0.3, 0.4) is 0 Å². The molecule has 0 aliphatic heterocycles. The van der Waals surface area contributed by atoms with Gasteiger partial charge in [0.2, 0.25) is 5.43 Å². The first kappa shape index (κ1) is 14.5. The smallest absolute Gasteiger partial charge is 0.407 e. The number of nitrogens with zero attached hydrogens (tertiary/aromatic N) is 1. The Labute approximate surface area is 108 Å². The lowest BCUT2D eigenvalue weighted by molar-refractivity contribution is 0.137. The highest BCUT2D eigenvalue weighted by Gasteiger charge is 2.07. The molecular weight excluding hydrogens is 256 g/mol. The highest BCUT2D eigenvalue weighted by Crippen LogP contribution is 1.95. The fourth-order valence-corrected chi connectivity index (χ4v) is 1.07. The summed E-state index contributed by atoms with van der Waals surface area (Å²) in [6.07, 6.45) is -1.28. The Morgan fingerprint density at radius 2 is 1.79 bits per heavy atom. The lowest BCUT2D eigenvalue weighted by Crippen LogP contribution is -2.23. The number of carbonyl (C=O) groups is 2. The number of alkyl carbamates (subject to hydrolysis) is 2. The molecule has 1 aromatic rings. The van der Waals surface area contributed by atoms with E-state index in [1.165, 1.54) is 20.2 Å². The number of hydrogen-bond donors (Lipinski definition) is 3. The second-order valence-corrected chi connectivity index (χ2v) is 3.36. The SMILES string of the molecule is CNC(=O)OCc1cc(=O)c(COC(=O)NC)n[nH]1. The number of aromatic amines is 1. The first-order chi connectivity index (χ1) is 9.06. The number of carbonyl (C=O) groups excluding carboxylic acids is 2. The Morgan fingerprint density at radius 1 is 1.21 bits per heavy atom. The Kier molecular flexibility index (Phi) is 5.33. The van der Waals surface area contributed by atoms with Gasteiger partial charge in [-0.05, 0) is 0 Å². The van der Waals surface area contributed by atoms with Crippen molar-refractivity contribution < 1.29 is 19.1 Å². The van der Waals surface area contributed by atoms with E-state index in [1.54, 1.807) is 0 Å². The van der Waals surface area contributed by atoms with E-state index < -0.39 is 17.6 Å². The molecule has 0 aliphatic carbocycles. The molecule has 0 unspecified atom stereocenters. The molecule has 0 saturated carbocycles. The average molecular weight is 270 g/mol. The third kappa shape index (κ3) is 4.66. The second kappa shape index (κ2) is 6.99. The molecule has 19 heavy (non-hydrogen) atoms. The summed E-state index contributed by atoms with van der Waals surface area (Å²) in [5, 5.41) is 10.8. The minimum atomic E-state index is -0.659. The van der Waals surface area contributed by atoms with Gasteiger partial charge in [0.25, 0.3) is 0 Å². The molecular formula is C10H14N4O5. The van der Waals surface area contributed by atoms with Crippen LogP contribution in [0.5, 0.6) is 0 Å². The lowest BCUT2D eigenvalue weighted by Gasteiger charge is -2.05. The summed E-state index contributed by atoms with van der Waals surface area (Å²) >= 11 is 0. The molecule has 0 aromatic carbocycles. The highest BCUT2D eigenvalue weighted by molar-refractivity contribution is 5.66. The van der Waals surface area contributed by atoms with Crippen LogP contribution in [-0.2, 0) is 22.7 Å². The summed E-state index contributed by atoms with van der Waals surface area (Å²) in [4.78, 5) is 33.3. The third-order valence-corrected chi connectivity index (χ3v) is 2.03. The van der Waals surface area contributed by atoms with Crippen LogP contribution in [0.15, 0.2) is 10.9 Å². The van der Waals surface area contributed by atoms with Gasteiger partial charge in [-0.25, -0.2) is 9.59 Å². The van der Waals surface area contributed by atoms with Crippen LogP contribution in [0.1, 0.15) is 11.4 Å². The van der Waals surface area contributed by atoms with Crippen LogP contribution < -0.4 is 16.1 Å². The zero-order chi connectivity index (χ0) is 14.3. The van der Waals surface area contributed by atoms with E-state index in [4.69, 9.17) is 4.74 Å². The van der Waals surface area contributed by atoms with Crippen molar-refractivity contribution in [2.45, 2.75) is 13.2 Å². The van der Waals surface area contributed by atoms with Gasteiger partial charge in [-0.2, -0.15) is 5.10 Å². The first-order valence-corrected chi connectivity index (χ1v) is 5.33. The van der Waals surface area contributed by atoms with Crippen molar-refractivity contribution in [3.05, 3.63) is 27.7 Å². The van der Waals surface area contributed by atoms with Crippen LogP contribution in [0, 0.1) is 0 Å². The molecule has 0 spiro atoms. The van der Waals surface area contributed by atoms with Crippen molar-refractivity contribution in [2.24, 2.45) is 0 Å². The Hall–Kier alpha value is -2.58. The van der Waals surface area contributed by atoms with Gasteiger partial charge >= 0.3 is 12.2 Å². The maximum atomic E-state index is 11.6. The molecule has 0 atom stereocenters. The van der Waals surface area contributed by atoms with Crippen LogP contribution in [0.4, 0.5) is 9.59 Å². The van der Waals surface area contributed by atoms with E-state index in [0.717, 1.165) is 0 Å². The monoisotopic (exact) mass is 270 g/mol. The summed E-state index contributed by atoms with van der Waals surface area (Å²) in [6.45, 7) is -0.357. The molecule has 0 bridgehead atoms. The molecule has 9 nitrogen and oxygen atoms in total. The van der Waals surface area contributed by atoms with Gasteiger partial charge in [0.1, 0.15) is 18.9 Å². The van der Waals surface area contributed by atoms with Crippen LogP contribution in [0.2, 0.25) is 0 Å². The normalized spacial score (nSPS) is 9.58. The number of rotatable bonds is 4. The van der Waals surface area contributed by atoms with Gasteiger partial charge in [0.15, 0.2) is 0 Å². The van der Waals surface area contributed by atoms with E-state index in [1.807, 2.05) is 0 Å². The maximum absolute atomic E-state index is 11.6. The molecule has 104 valence electrons. The quantitative estimate of drug-likeness (QED) is 0.676. The summed E-state index contributed by atoms with van der Waals surface area (Å²) < 4.78 is 9.42. The molecule has 0 radical (unpaired) electrons. The summed E-state index contributed by atoms with van der Waals surface area (Å²) in [6, 6.07) is 1.22. The molecule has 1 rings (SSSR count). The number of hydrogen-bond acceptors (Lipinski definition) is 6. The van der Waals surface area contributed by atoms with E-state index in [-0.39, 0.29) is 18.9 Å². The first-order valence-electron chi connectivity index (χ1n) is 5.33. The van der Waals surface area contributed by atoms with Crippen LogP contribution >= 0.6 is 0 Å². The van der Waals surface area contributed by atoms with E-state index in [0.29, 0.717) is 5.69 Å². The molecule has 9 heteroatoms. The summed E-state index contributed by atoms with van der Waals surface area (Å²) in [5.74, 6) is 0. The van der Waals surface area contributed by atoms with Crippen molar-refractivity contribution in [3.63, 3.8) is 0 Å². The Bertz CT molecular complexity index is 513. The van der Waals surface area contributed by atoms with Crippen LogP contribution in [-0.4, -0.2) is 36.5 Å². The van der Waals surface area contributed by atoms with Gasteiger partial charge in [0.05, 0.1) is 5.69 Å². The van der Waals surface area contributed by atoms with Gasteiger partial charge in [0, 0.05) is 20.2 Å². The summed E-state index contributed by atoms with van der Waals surface area (Å²) in [5.41, 5.74) is -0.0391. The topological polar surface area (TPSA) is 122 Å². The Balaban J connectivity index is 2.61.